The zero-order chi connectivity index (χ0) is 13.7. The summed E-state index contributed by atoms with van der Waals surface area (Å²) in [5, 5.41) is 0. The molecule has 4 rings (SSSR count). The third-order valence-corrected chi connectivity index (χ3v) is 4.40. The van der Waals surface area contributed by atoms with Crippen LogP contribution in [0.3, 0.4) is 0 Å². The van der Waals surface area contributed by atoms with E-state index in [2.05, 4.69) is 66.9 Å². The van der Waals surface area contributed by atoms with Gasteiger partial charge in [-0.3, -0.25) is 0 Å². The van der Waals surface area contributed by atoms with Crippen LogP contribution < -0.4 is 0 Å². The molecule has 0 atom stereocenters. The van der Waals surface area contributed by atoms with Crippen LogP contribution in [0.25, 0.3) is 22.4 Å². The number of hydrogen-bond acceptors (Lipinski definition) is 1. The molecule has 100 valence electrons. The summed E-state index contributed by atoms with van der Waals surface area (Å²) >= 11 is 0. The predicted molar refractivity (Wildman–Crippen MR) is 82.8 cm³/mol. The average Bonchev–Trinajstić information content (AvgIpc) is 2.86. The van der Waals surface area contributed by atoms with Crippen molar-refractivity contribution in [2.24, 2.45) is 0 Å². The molecule has 2 heteroatoms. The van der Waals surface area contributed by atoms with Crippen molar-refractivity contribution in [2.45, 2.75) is 32.2 Å². The number of para-hydroxylation sites is 1. The Kier molecular flexibility index (Phi) is 2.31. The number of benzene rings is 2. The summed E-state index contributed by atoms with van der Waals surface area (Å²) in [6, 6.07) is 17.0. The quantitative estimate of drug-likeness (QED) is 0.636. The maximum atomic E-state index is 4.91. The lowest BCUT2D eigenvalue weighted by Gasteiger charge is -2.34. The number of rotatable bonds is 1. The van der Waals surface area contributed by atoms with Crippen molar-refractivity contribution >= 4 is 11.0 Å². The first kappa shape index (κ1) is 11.7. The Labute approximate surface area is 119 Å². The summed E-state index contributed by atoms with van der Waals surface area (Å²) < 4.78 is 2.44. The zero-order valence-corrected chi connectivity index (χ0v) is 11.9. The maximum absolute atomic E-state index is 4.91. The topological polar surface area (TPSA) is 17.8 Å². The summed E-state index contributed by atoms with van der Waals surface area (Å²) in [7, 11) is 0. The van der Waals surface area contributed by atoms with E-state index in [1.165, 1.54) is 16.6 Å². The molecule has 0 N–H and O–H groups in total. The molecule has 1 aliphatic rings. The summed E-state index contributed by atoms with van der Waals surface area (Å²) in [6.07, 6.45) is 2.31. The Hall–Kier alpha value is -2.09. The Bertz CT molecular complexity index is 782. The van der Waals surface area contributed by atoms with Gasteiger partial charge in [0.15, 0.2) is 0 Å². The van der Waals surface area contributed by atoms with E-state index < -0.39 is 0 Å². The fourth-order valence-corrected chi connectivity index (χ4v) is 3.32. The molecule has 2 nitrogen and oxygen atoms in total. The molecule has 0 unspecified atom stereocenters. The van der Waals surface area contributed by atoms with Crippen molar-refractivity contribution in [1.82, 2.24) is 9.55 Å². The van der Waals surface area contributed by atoms with Crippen molar-refractivity contribution in [1.29, 1.82) is 0 Å². The molecule has 1 aliphatic heterocycles. The molecular weight excluding hydrogens is 244 g/mol. The van der Waals surface area contributed by atoms with Crippen LogP contribution in [0.2, 0.25) is 0 Å². The van der Waals surface area contributed by atoms with Crippen molar-refractivity contribution < 1.29 is 0 Å². The molecule has 2 aromatic carbocycles. The van der Waals surface area contributed by atoms with Gasteiger partial charge in [0.1, 0.15) is 5.82 Å². The second kappa shape index (κ2) is 3.95. The lowest BCUT2D eigenvalue weighted by Crippen LogP contribution is -2.31. The van der Waals surface area contributed by atoms with E-state index >= 15 is 0 Å². The highest BCUT2D eigenvalue weighted by molar-refractivity contribution is 5.84. The minimum absolute atomic E-state index is 0.119. The minimum atomic E-state index is 0.119. The highest BCUT2D eigenvalue weighted by Gasteiger charge is 2.31. The Morgan fingerprint density at radius 3 is 2.60 bits per heavy atom. The van der Waals surface area contributed by atoms with Gasteiger partial charge in [0, 0.05) is 11.1 Å². The van der Waals surface area contributed by atoms with Crippen LogP contribution in [-0.2, 0) is 12.0 Å². The summed E-state index contributed by atoms with van der Waals surface area (Å²) in [5.41, 5.74) is 5.19. The fraction of sp³-hybridized carbons (Fsp3) is 0.278. The van der Waals surface area contributed by atoms with Gasteiger partial charge in [0.25, 0.3) is 0 Å². The van der Waals surface area contributed by atoms with Crippen LogP contribution in [0.1, 0.15) is 25.8 Å². The van der Waals surface area contributed by atoms with Crippen molar-refractivity contribution in [3.05, 3.63) is 54.1 Å². The third kappa shape index (κ3) is 1.54. The van der Waals surface area contributed by atoms with Crippen molar-refractivity contribution in [2.75, 3.05) is 0 Å². The summed E-state index contributed by atoms with van der Waals surface area (Å²) in [4.78, 5) is 4.91. The van der Waals surface area contributed by atoms with Crippen LogP contribution >= 0.6 is 0 Å². The predicted octanol–water partition coefficient (Wildman–Crippen LogP) is 4.38. The van der Waals surface area contributed by atoms with E-state index in [-0.39, 0.29) is 5.54 Å². The molecule has 0 saturated heterocycles. The molecule has 3 aromatic rings. The van der Waals surface area contributed by atoms with Gasteiger partial charge in [-0.25, -0.2) is 4.98 Å². The van der Waals surface area contributed by atoms with Gasteiger partial charge in [0.05, 0.1) is 11.0 Å². The van der Waals surface area contributed by atoms with Crippen LogP contribution in [0.4, 0.5) is 0 Å². The number of aryl methyl sites for hydroxylation is 1. The lowest BCUT2D eigenvalue weighted by atomic mass is 9.90. The van der Waals surface area contributed by atoms with Gasteiger partial charge in [-0.2, -0.15) is 0 Å². The van der Waals surface area contributed by atoms with Crippen molar-refractivity contribution in [3.8, 4) is 11.4 Å². The molecule has 0 radical (unpaired) electrons. The Morgan fingerprint density at radius 1 is 1.00 bits per heavy atom. The molecule has 0 spiro atoms. The van der Waals surface area contributed by atoms with E-state index in [0.717, 1.165) is 24.2 Å². The standard InChI is InChI=1S/C18H18N2/c1-18(2)12-11-13-9-6-10-15-16(13)20(18)17(19-15)14-7-4-3-5-8-14/h3-10H,11-12H2,1-2H3. The molecule has 1 aromatic heterocycles. The highest BCUT2D eigenvalue weighted by atomic mass is 15.1. The molecule has 0 amide bonds. The lowest BCUT2D eigenvalue weighted by molar-refractivity contribution is 0.329. The summed E-state index contributed by atoms with van der Waals surface area (Å²) in [5.74, 6) is 1.10. The average molecular weight is 262 g/mol. The Morgan fingerprint density at radius 2 is 1.80 bits per heavy atom. The maximum Gasteiger partial charge on any atom is 0.141 e. The highest BCUT2D eigenvalue weighted by Crippen LogP contribution is 2.39. The van der Waals surface area contributed by atoms with E-state index in [9.17, 15) is 0 Å². The number of imidazole rings is 1. The normalized spacial score (nSPS) is 16.5. The first-order valence-corrected chi connectivity index (χ1v) is 7.23. The molecule has 0 saturated carbocycles. The molecule has 0 bridgehead atoms. The fourth-order valence-electron chi connectivity index (χ4n) is 3.32. The van der Waals surface area contributed by atoms with E-state index in [1.54, 1.807) is 0 Å². The second-order valence-electron chi connectivity index (χ2n) is 6.23. The van der Waals surface area contributed by atoms with Crippen LogP contribution in [0.15, 0.2) is 48.5 Å². The Balaban J connectivity index is 2.12. The van der Waals surface area contributed by atoms with Gasteiger partial charge in [0.2, 0.25) is 0 Å². The first-order chi connectivity index (χ1) is 9.67. The third-order valence-electron chi connectivity index (χ3n) is 4.40. The smallest absolute Gasteiger partial charge is 0.141 e. The molecule has 2 heterocycles. The molecule has 20 heavy (non-hydrogen) atoms. The molecule has 0 fully saturated rings. The first-order valence-electron chi connectivity index (χ1n) is 7.23. The van der Waals surface area contributed by atoms with Gasteiger partial charge in [-0.15, -0.1) is 0 Å². The molecular formula is C18H18N2. The van der Waals surface area contributed by atoms with E-state index in [1.807, 2.05) is 0 Å². The zero-order valence-electron chi connectivity index (χ0n) is 11.9. The van der Waals surface area contributed by atoms with Gasteiger partial charge < -0.3 is 4.57 Å². The van der Waals surface area contributed by atoms with Crippen LogP contribution in [0, 0.1) is 0 Å². The second-order valence-corrected chi connectivity index (χ2v) is 6.23. The summed E-state index contributed by atoms with van der Waals surface area (Å²) in [6.45, 7) is 4.63. The monoisotopic (exact) mass is 262 g/mol. The minimum Gasteiger partial charge on any atom is -0.318 e. The SMILES string of the molecule is CC1(C)CCc2cccc3nc(-c4ccccc4)n1c23. The van der Waals surface area contributed by atoms with E-state index in [4.69, 9.17) is 4.98 Å². The molecule has 0 aliphatic carbocycles. The van der Waals surface area contributed by atoms with Gasteiger partial charge in [-0.05, 0) is 38.3 Å². The van der Waals surface area contributed by atoms with Gasteiger partial charge >= 0.3 is 0 Å². The van der Waals surface area contributed by atoms with Crippen molar-refractivity contribution in [3.63, 3.8) is 0 Å². The number of nitrogens with zero attached hydrogens (tertiary/aromatic N) is 2. The van der Waals surface area contributed by atoms with Crippen LogP contribution in [0.5, 0.6) is 0 Å². The largest absolute Gasteiger partial charge is 0.318 e. The number of aromatic nitrogens is 2. The number of hydrogen-bond donors (Lipinski definition) is 0. The van der Waals surface area contributed by atoms with E-state index in [0.29, 0.717) is 0 Å². The van der Waals surface area contributed by atoms with Gasteiger partial charge in [-0.1, -0.05) is 42.5 Å². The van der Waals surface area contributed by atoms with Crippen LogP contribution in [-0.4, -0.2) is 9.55 Å².